The summed E-state index contributed by atoms with van der Waals surface area (Å²) in [4.78, 5) is 57.0. The van der Waals surface area contributed by atoms with E-state index in [1.165, 1.54) is 29.4 Å². The quantitative estimate of drug-likeness (QED) is 0.298. The van der Waals surface area contributed by atoms with Crippen LogP contribution in [0.5, 0.6) is 0 Å². The molecule has 4 aromatic rings. The molecule has 1 fully saturated rings. The molecule has 13 heteroatoms. The third kappa shape index (κ3) is 4.89. The second-order valence-corrected chi connectivity index (χ2v) is 9.63. The predicted molar refractivity (Wildman–Crippen MR) is 140 cm³/mol. The van der Waals surface area contributed by atoms with Crippen molar-refractivity contribution in [3.63, 3.8) is 0 Å². The predicted octanol–water partition coefficient (Wildman–Crippen LogP) is 2.52. The Labute approximate surface area is 221 Å². The first-order valence-electron chi connectivity index (χ1n) is 12.1. The molecule has 12 nitrogen and oxygen atoms in total. The number of carbonyl (C=O) groups excluding carboxylic acids is 1. The summed E-state index contributed by atoms with van der Waals surface area (Å²) in [5.41, 5.74) is 0.291. The highest BCUT2D eigenvalue weighted by Crippen LogP contribution is 2.29. The van der Waals surface area contributed by atoms with Crippen LogP contribution in [0.15, 0.2) is 35.6 Å². The van der Waals surface area contributed by atoms with Gasteiger partial charge < -0.3 is 14.7 Å². The molecule has 5 heterocycles. The van der Waals surface area contributed by atoms with Gasteiger partial charge in [-0.2, -0.15) is 9.36 Å². The highest BCUT2D eigenvalue weighted by molar-refractivity contribution is 7.08. The molecule has 1 aliphatic rings. The van der Waals surface area contributed by atoms with Crippen molar-refractivity contribution in [3.8, 4) is 16.6 Å². The van der Waals surface area contributed by atoms with Crippen molar-refractivity contribution in [1.82, 2.24) is 28.9 Å². The lowest BCUT2D eigenvalue weighted by Crippen LogP contribution is -2.51. The van der Waals surface area contributed by atoms with Crippen LogP contribution in [0.3, 0.4) is 0 Å². The van der Waals surface area contributed by atoms with E-state index < -0.39 is 17.0 Å². The van der Waals surface area contributed by atoms with Crippen LogP contribution in [0, 0.1) is 12.8 Å². The Morgan fingerprint density at radius 1 is 1.24 bits per heavy atom. The number of fused-ring (bicyclic) bond motifs is 1. The van der Waals surface area contributed by atoms with Crippen LogP contribution in [-0.4, -0.2) is 72.0 Å². The van der Waals surface area contributed by atoms with Crippen molar-refractivity contribution < 1.29 is 19.4 Å². The lowest BCUT2D eigenvalue weighted by atomic mass is 9.92. The second kappa shape index (κ2) is 10.7. The topological polar surface area (TPSA) is 153 Å². The molecule has 1 aliphatic heterocycles. The number of aromatic nitrogens is 6. The number of Topliss-reactive ketones (excluding diaryl/α,β-unsaturated/α-hetero) is 1. The lowest BCUT2D eigenvalue weighted by molar-refractivity contribution is -0.123. The SMILES string of the molecule is CCOCCCC(=O)C1CN(c2cc(C)c3c(=O)c(C(=O)O)cn(-c4nc(-c5cnccn5)ns4)c3n2)C1. The number of carboxylic acids is 1. The normalized spacial score (nSPS) is 13.6. The van der Waals surface area contributed by atoms with E-state index >= 15 is 0 Å². The molecular formula is C25H25N7O5S. The van der Waals surface area contributed by atoms with E-state index in [1.54, 1.807) is 13.0 Å². The summed E-state index contributed by atoms with van der Waals surface area (Å²) in [6, 6.07) is 1.75. The van der Waals surface area contributed by atoms with Gasteiger partial charge in [-0.3, -0.25) is 19.1 Å². The fourth-order valence-electron chi connectivity index (χ4n) is 4.34. The summed E-state index contributed by atoms with van der Waals surface area (Å²) in [5, 5.41) is 10.2. The third-order valence-electron chi connectivity index (χ3n) is 6.36. The number of ketones is 1. The monoisotopic (exact) mass is 535 g/mol. The molecule has 5 rings (SSSR count). The summed E-state index contributed by atoms with van der Waals surface area (Å²) in [6.45, 7) is 5.93. The number of carbonyl (C=O) groups is 2. The molecule has 0 atom stereocenters. The molecule has 0 spiro atoms. The van der Waals surface area contributed by atoms with Gasteiger partial charge in [-0.25, -0.2) is 14.8 Å². The van der Waals surface area contributed by atoms with Gasteiger partial charge >= 0.3 is 5.97 Å². The van der Waals surface area contributed by atoms with Crippen molar-refractivity contribution in [3.05, 3.63) is 52.2 Å². The minimum absolute atomic E-state index is 0.0799. The van der Waals surface area contributed by atoms with Crippen LogP contribution in [0.1, 0.15) is 35.7 Å². The highest BCUT2D eigenvalue weighted by atomic mass is 32.1. The first kappa shape index (κ1) is 25.5. The van der Waals surface area contributed by atoms with Crippen LogP contribution < -0.4 is 10.3 Å². The molecule has 0 bridgehead atoms. The Balaban J connectivity index is 1.49. The average Bonchev–Trinajstić information content (AvgIpc) is 3.36. The Hall–Kier alpha value is -4.10. The van der Waals surface area contributed by atoms with Crippen LogP contribution in [-0.2, 0) is 9.53 Å². The summed E-state index contributed by atoms with van der Waals surface area (Å²) in [5.74, 6) is -0.303. The lowest BCUT2D eigenvalue weighted by Gasteiger charge is -2.39. The maximum absolute atomic E-state index is 13.1. The van der Waals surface area contributed by atoms with Gasteiger partial charge in [0.15, 0.2) is 11.5 Å². The van der Waals surface area contributed by atoms with E-state index in [-0.39, 0.29) is 22.7 Å². The number of carboxylic acid groups (broad SMARTS) is 1. The number of anilines is 1. The molecule has 196 valence electrons. The molecule has 0 aromatic carbocycles. The Kier molecular flexibility index (Phi) is 7.20. The summed E-state index contributed by atoms with van der Waals surface area (Å²) in [7, 11) is 0. The minimum Gasteiger partial charge on any atom is -0.477 e. The molecule has 0 unspecified atom stereocenters. The first-order chi connectivity index (χ1) is 18.4. The van der Waals surface area contributed by atoms with E-state index in [1.807, 2.05) is 11.8 Å². The van der Waals surface area contributed by atoms with Gasteiger partial charge in [0.25, 0.3) is 0 Å². The van der Waals surface area contributed by atoms with Gasteiger partial charge in [0.1, 0.15) is 22.9 Å². The maximum atomic E-state index is 13.1. The summed E-state index contributed by atoms with van der Waals surface area (Å²) >= 11 is 1.02. The van der Waals surface area contributed by atoms with Crippen LogP contribution in [0.4, 0.5) is 5.82 Å². The number of pyridine rings is 2. The standard InChI is InChI=1S/C25H25N7O5S/c1-3-37-8-4-5-18(33)15-11-31(12-15)19-9-14(2)20-21(34)16(24(35)36)13-32(23(20)28-19)25-29-22(30-38-25)17-10-26-6-7-27-17/h6-7,9-10,13,15H,3-5,8,11-12H2,1-2H3,(H,35,36). The Bertz CT molecular complexity index is 1560. The molecule has 0 aliphatic carbocycles. The zero-order valence-electron chi connectivity index (χ0n) is 20.8. The molecule has 0 radical (unpaired) electrons. The molecule has 0 amide bonds. The Morgan fingerprint density at radius 2 is 2.05 bits per heavy atom. The number of aryl methyl sites for hydroxylation is 1. The summed E-state index contributed by atoms with van der Waals surface area (Å²) < 4.78 is 11.1. The van der Waals surface area contributed by atoms with E-state index in [4.69, 9.17) is 9.72 Å². The first-order valence-corrected chi connectivity index (χ1v) is 12.9. The maximum Gasteiger partial charge on any atom is 0.341 e. The van der Waals surface area contributed by atoms with Crippen LogP contribution in [0.2, 0.25) is 0 Å². The fourth-order valence-corrected chi connectivity index (χ4v) is 4.99. The van der Waals surface area contributed by atoms with Crippen LogP contribution in [0.25, 0.3) is 27.7 Å². The summed E-state index contributed by atoms with van der Waals surface area (Å²) in [6.07, 6.45) is 6.99. The van der Waals surface area contributed by atoms with Crippen molar-refractivity contribution in [1.29, 1.82) is 0 Å². The van der Waals surface area contributed by atoms with Gasteiger partial charge in [0.2, 0.25) is 10.6 Å². The average molecular weight is 536 g/mol. The highest BCUT2D eigenvalue weighted by Gasteiger charge is 2.33. The number of nitrogens with zero attached hydrogens (tertiary/aromatic N) is 7. The molecular weight excluding hydrogens is 510 g/mol. The smallest absolute Gasteiger partial charge is 0.341 e. The zero-order valence-corrected chi connectivity index (χ0v) is 21.6. The molecule has 38 heavy (non-hydrogen) atoms. The van der Waals surface area contributed by atoms with Crippen molar-refractivity contribution in [2.75, 3.05) is 31.2 Å². The number of hydrogen-bond acceptors (Lipinski definition) is 11. The number of rotatable bonds is 10. The van der Waals surface area contributed by atoms with Gasteiger partial charge in [-0.15, -0.1) is 0 Å². The minimum atomic E-state index is -1.35. The number of ether oxygens (including phenoxy) is 1. The second-order valence-electron chi connectivity index (χ2n) is 8.90. The van der Waals surface area contributed by atoms with E-state index in [0.29, 0.717) is 67.2 Å². The van der Waals surface area contributed by atoms with Crippen molar-refractivity contribution in [2.24, 2.45) is 5.92 Å². The van der Waals surface area contributed by atoms with E-state index in [2.05, 4.69) is 19.3 Å². The van der Waals surface area contributed by atoms with Gasteiger partial charge in [0, 0.05) is 62.8 Å². The van der Waals surface area contributed by atoms with Crippen molar-refractivity contribution in [2.45, 2.75) is 26.7 Å². The molecule has 1 N–H and O–H groups in total. The molecule has 0 saturated carbocycles. The van der Waals surface area contributed by atoms with Crippen LogP contribution >= 0.6 is 11.5 Å². The Morgan fingerprint density at radius 3 is 2.76 bits per heavy atom. The molecule has 4 aromatic heterocycles. The molecule has 1 saturated heterocycles. The van der Waals surface area contributed by atoms with Gasteiger partial charge in [0.05, 0.1) is 17.5 Å². The van der Waals surface area contributed by atoms with Crippen molar-refractivity contribution >= 4 is 40.1 Å². The third-order valence-corrected chi connectivity index (χ3v) is 7.08. The fraction of sp³-hybridized carbons (Fsp3) is 0.360. The number of hydrogen-bond donors (Lipinski definition) is 1. The van der Waals surface area contributed by atoms with E-state index in [0.717, 1.165) is 11.5 Å². The largest absolute Gasteiger partial charge is 0.477 e. The zero-order chi connectivity index (χ0) is 26.8. The van der Waals surface area contributed by atoms with Gasteiger partial charge in [-0.05, 0) is 31.9 Å². The number of aromatic carboxylic acids is 1. The van der Waals surface area contributed by atoms with E-state index in [9.17, 15) is 19.5 Å². The van der Waals surface area contributed by atoms with Gasteiger partial charge in [-0.1, -0.05) is 0 Å².